The lowest BCUT2D eigenvalue weighted by atomic mass is 10.2. The lowest BCUT2D eigenvalue weighted by Crippen LogP contribution is -2.37. The van der Waals surface area contributed by atoms with Crippen LogP contribution in [0.25, 0.3) is 6.08 Å². The number of carbonyl (C=O) groups is 2. The highest BCUT2D eigenvalue weighted by atomic mass is 16.5. The van der Waals surface area contributed by atoms with Gasteiger partial charge < -0.3 is 19.7 Å². The second-order valence-corrected chi connectivity index (χ2v) is 5.18. The Kier molecular flexibility index (Phi) is 6.02. The predicted molar refractivity (Wildman–Crippen MR) is 87.4 cm³/mol. The fourth-order valence-electron chi connectivity index (χ4n) is 2.35. The number of hydrogen-bond donors (Lipinski definition) is 1. The Balaban J connectivity index is 1.96. The van der Waals surface area contributed by atoms with Crippen LogP contribution < -0.4 is 14.8 Å². The third-order valence-electron chi connectivity index (χ3n) is 3.56. The summed E-state index contributed by atoms with van der Waals surface area (Å²) in [6.45, 7) is 3.27. The highest BCUT2D eigenvalue weighted by Crippen LogP contribution is 2.28. The van der Waals surface area contributed by atoms with Crippen LogP contribution in [-0.4, -0.2) is 50.1 Å². The van der Waals surface area contributed by atoms with E-state index in [-0.39, 0.29) is 18.4 Å². The van der Waals surface area contributed by atoms with Gasteiger partial charge in [0, 0.05) is 26.1 Å². The standard InChI is InChI=1S/C17H22N2O4/c1-3-4-13-5-6-14(15(11-13)22-2)23-12-17(21)19-9-7-16(20)18-8-10-19/h3-6,11H,7-10,12H2,1-2H3,(H,18,20)/b4-3+. The number of allylic oxidation sites excluding steroid dienone is 1. The lowest BCUT2D eigenvalue weighted by molar-refractivity contribution is -0.133. The van der Waals surface area contributed by atoms with Crippen molar-refractivity contribution in [2.24, 2.45) is 0 Å². The molecule has 0 saturated carbocycles. The molecule has 0 atom stereocenters. The Labute approximate surface area is 136 Å². The molecular formula is C17H22N2O4. The minimum absolute atomic E-state index is 0.0255. The number of methoxy groups -OCH3 is 1. The first-order chi connectivity index (χ1) is 11.1. The molecule has 124 valence electrons. The topological polar surface area (TPSA) is 67.9 Å². The fraction of sp³-hybridized carbons (Fsp3) is 0.412. The first kappa shape index (κ1) is 16.9. The van der Waals surface area contributed by atoms with Gasteiger partial charge in [-0.25, -0.2) is 0 Å². The summed E-state index contributed by atoms with van der Waals surface area (Å²) in [5.41, 5.74) is 1.00. The molecule has 0 aromatic heterocycles. The lowest BCUT2D eigenvalue weighted by Gasteiger charge is -2.20. The number of nitrogens with one attached hydrogen (secondary N) is 1. The summed E-state index contributed by atoms with van der Waals surface area (Å²) in [5.74, 6) is 0.947. The van der Waals surface area contributed by atoms with E-state index in [1.54, 1.807) is 18.1 Å². The fourth-order valence-corrected chi connectivity index (χ4v) is 2.35. The van der Waals surface area contributed by atoms with Crippen LogP contribution in [0.1, 0.15) is 18.9 Å². The van der Waals surface area contributed by atoms with E-state index >= 15 is 0 Å². The summed E-state index contributed by atoms with van der Waals surface area (Å²) < 4.78 is 10.9. The van der Waals surface area contributed by atoms with Gasteiger partial charge in [0.1, 0.15) is 0 Å². The summed E-state index contributed by atoms with van der Waals surface area (Å²) in [5, 5.41) is 2.74. The summed E-state index contributed by atoms with van der Waals surface area (Å²) in [6.07, 6.45) is 4.22. The molecule has 0 bridgehead atoms. The number of ether oxygens (including phenoxy) is 2. The van der Waals surface area contributed by atoms with Crippen LogP contribution in [0.4, 0.5) is 0 Å². The van der Waals surface area contributed by atoms with Crippen molar-refractivity contribution < 1.29 is 19.1 Å². The Hall–Kier alpha value is -2.50. The largest absolute Gasteiger partial charge is 0.493 e. The molecule has 1 fully saturated rings. The Morgan fingerprint density at radius 3 is 2.91 bits per heavy atom. The van der Waals surface area contributed by atoms with Gasteiger partial charge >= 0.3 is 0 Å². The zero-order valence-corrected chi connectivity index (χ0v) is 13.5. The minimum Gasteiger partial charge on any atom is -0.493 e. The Bertz CT molecular complexity index is 598. The number of benzene rings is 1. The van der Waals surface area contributed by atoms with E-state index < -0.39 is 0 Å². The van der Waals surface area contributed by atoms with E-state index in [9.17, 15) is 9.59 Å². The van der Waals surface area contributed by atoms with Crippen LogP contribution in [0.15, 0.2) is 24.3 Å². The van der Waals surface area contributed by atoms with Crippen molar-refractivity contribution in [2.75, 3.05) is 33.4 Å². The monoisotopic (exact) mass is 318 g/mol. The molecule has 1 saturated heterocycles. The zero-order valence-electron chi connectivity index (χ0n) is 13.5. The van der Waals surface area contributed by atoms with Crippen molar-refractivity contribution in [3.63, 3.8) is 0 Å². The van der Waals surface area contributed by atoms with Crippen molar-refractivity contribution in [3.05, 3.63) is 29.8 Å². The molecule has 1 N–H and O–H groups in total. The van der Waals surface area contributed by atoms with Crippen LogP contribution in [0.5, 0.6) is 11.5 Å². The summed E-state index contributed by atoms with van der Waals surface area (Å²) in [4.78, 5) is 25.1. The maximum atomic E-state index is 12.2. The average molecular weight is 318 g/mol. The minimum atomic E-state index is -0.138. The van der Waals surface area contributed by atoms with Crippen LogP contribution in [0, 0.1) is 0 Å². The number of hydrogen-bond acceptors (Lipinski definition) is 4. The van der Waals surface area contributed by atoms with Gasteiger partial charge in [-0.1, -0.05) is 18.2 Å². The number of nitrogens with zero attached hydrogens (tertiary/aromatic N) is 1. The highest BCUT2D eigenvalue weighted by Gasteiger charge is 2.19. The first-order valence-electron chi connectivity index (χ1n) is 7.62. The molecule has 2 rings (SSSR count). The predicted octanol–water partition coefficient (Wildman–Crippen LogP) is 1.46. The molecule has 1 aromatic rings. The van der Waals surface area contributed by atoms with Gasteiger partial charge in [0.05, 0.1) is 7.11 Å². The summed E-state index contributed by atoms with van der Waals surface area (Å²) >= 11 is 0. The molecule has 0 radical (unpaired) electrons. The molecule has 0 spiro atoms. The maximum absolute atomic E-state index is 12.2. The second-order valence-electron chi connectivity index (χ2n) is 5.18. The van der Waals surface area contributed by atoms with Crippen LogP contribution in [-0.2, 0) is 9.59 Å². The molecule has 0 unspecified atom stereocenters. The van der Waals surface area contributed by atoms with Crippen molar-refractivity contribution >= 4 is 17.9 Å². The van der Waals surface area contributed by atoms with E-state index in [1.807, 2.05) is 31.2 Å². The third kappa shape index (κ3) is 4.74. The Morgan fingerprint density at radius 2 is 2.17 bits per heavy atom. The summed E-state index contributed by atoms with van der Waals surface area (Å²) in [6, 6.07) is 5.54. The van der Waals surface area contributed by atoms with Gasteiger partial charge in [-0.15, -0.1) is 0 Å². The normalized spacial score (nSPS) is 15.2. The third-order valence-corrected chi connectivity index (χ3v) is 3.56. The van der Waals surface area contributed by atoms with Gasteiger partial charge in [-0.2, -0.15) is 0 Å². The summed E-state index contributed by atoms with van der Waals surface area (Å²) in [7, 11) is 1.57. The molecule has 6 heteroatoms. The number of rotatable bonds is 5. The molecule has 6 nitrogen and oxygen atoms in total. The van der Waals surface area contributed by atoms with Gasteiger partial charge in [-0.3, -0.25) is 9.59 Å². The smallest absolute Gasteiger partial charge is 0.260 e. The number of carbonyl (C=O) groups excluding carboxylic acids is 2. The van der Waals surface area contributed by atoms with E-state index in [2.05, 4.69) is 5.32 Å². The SMILES string of the molecule is C/C=C/c1ccc(OCC(=O)N2CCNC(=O)CC2)c(OC)c1. The maximum Gasteiger partial charge on any atom is 0.260 e. The molecule has 1 aromatic carbocycles. The van der Waals surface area contributed by atoms with Crippen molar-refractivity contribution in [1.29, 1.82) is 0 Å². The highest BCUT2D eigenvalue weighted by molar-refractivity contribution is 5.81. The van der Waals surface area contributed by atoms with Gasteiger partial charge in [0.15, 0.2) is 18.1 Å². The van der Waals surface area contributed by atoms with Gasteiger partial charge in [0.25, 0.3) is 5.91 Å². The Morgan fingerprint density at radius 1 is 1.35 bits per heavy atom. The molecular weight excluding hydrogens is 296 g/mol. The van der Waals surface area contributed by atoms with Crippen LogP contribution >= 0.6 is 0 Å². The second kappa shape index (κ2) is 8.22. The van der Waals surface area contributed by atoms with Crippen molar-refractivity contribution in [2.45, 2.75) is 13.3 Å². The van der Waals surface area contributed by atoms with Crippen molar-refractivity contribution in [3.8, 4) is 11.5 Å². The molecule has 1 heterocycles. The molecule has 1 aliphatic rings. The van der Waals surface area contributed by atoms with Gasteiger partial charge in [0.2, 0.25) is 5.91 Å². The van der Waals surface area contributed by atoms with Gasteiger partial charge in [-0.05, 0) is 24.6 Å². The molecule has 2 amide bonds. The molecule has 1 aliphatic heterocycles. The van der Waals surface area contributed by atoms with E-state index in [0.717, 1.165) is 5.56 Å². The van der Waals surface area contributed by atoms with Crippen molar-refractivity contribution in [1.82, 2.24) is 10.2 Å². The van der Waals surface area contributed by atoms with Crippen LogP contribution in [0.3, 0.4) is 0 Å². The first-order valence-corrected chi connectivity index (χ1v) is 7.62. The zero-order chi connectivity index (χ0) is 16.7. The molecule has 23 heavy (non-hydrogen) atoms. The van der Waals surface area contributed by atoms with E-state index in [0.29, 0.717) is 37.6 Å². The number of amides is 2. The van der Waals surface area contributed by atoms with E-state index in [1.165, 1.54) is 0 Å². The average Bonchev–Trinajstić information content (AvgIpc) is 2.78. The quantitative estimate of drug-likeness (QED) is 0.892. The molecule has 0 aliphatic carbocycles. The van der Waals surface area contributed by atoms with Crippen LogP contribution in [0.2, 0.25) is 0 Å². The van der Waals surface area contributed by atoms with E-state index in [4.69, 9.17) is 9.47 Å².